The molecule has 0 unspecified atom stereocenters. The summed E-state index contributed by atoms with van der Waals surface area (Å²) < 4.78 is 47.0. The largest absolute Gasteiger partial charge is 0.383 e. The van der Waals surface area contributed by atoms with Crippen LogP contribution in [-0.2, 0) is 21.5 Å². The number of nitrogens with one attached hydrogen (secondary N) is 2. The maximum Gasteiger partial charge on any atom is 0.280 e. The van der Waals surface area contributed by atoms with Gasteiger partial charge in [0, 0.05) is 19.7 Å². The van der Waals surface area contributed by atoms with Gasteiger partial charge in [-0.1, -0.05) is 0 Å². The Morgan fingerprint density at radius 3 is 3.13 bits per heavy atom. The van der Waals surface area contributed by atoms with Crippen LogP contribution in [0.4, 0.5) is 4.39 Å². The molecule has 1 atom stereocenters. The van der Waals surface area contributed by atoms with Crippen LogP contribution in [0.2, 0.25) is 0 Å². The van der Waals surface area contributed by atoms with E-state index in [0.717, 1.165) is 12.8 Å². The summed E-state index contributed by atoms with van der Waals surface area (Å²) in [6, 6.07) is 4.06. The summed E-state index contributed by atoms with van der Waals surface area (Å²) in [6.07, 6.45) is 1.61. The zero-order chi connectivity index (χ0) is 16.4. The van der Waals surface area contributed by atoms with E-state index in [1.54, 1.807) is 13.2 Å². The number of ether oxygens (including phenoxy) is 1. The van der Waals surface area contributed by atoms with Gasteiger partial charge in [0.1, 0.15) is 11.6 Å². The summed E-state index contributed by atoms with van der Waals surface area (Å²) in [5, 5.41) is 0. The first-order valence-corrected chi connectivity index (χ1v) is 8.83. The average molecular weight is 342 g/mol. The summed E-state index contributed by atoms with van der Waals surface area (Å²) in [5.74, 6) is 0.0735. The van der Waals surface area contributed by atoms with Crippen molar-refractivity contribution in [3.8, 4) is 0 Å². The molecule has 0 aliphatic carbocycles. The lowest BCUT2D eigenvalue weighted by Gasteiger charge is -2.23. The molecule has 0 bridgehead atoms. The number of hydrogen-bond acceptors (Lipinski definition) is 4. The summed E-state index contributed by atoms with van der Waals surface area (Å²) in [7, 11) is -2.05. The van der Waals surface area contributed by atoms with E-state index in [4.69, 9.17) is 4.74 Å². The molecule has 126 valence electrons. The number of fused-ring (bicyclic) bond motifs is 1. The van der Waals surface area contributed by atoms with Gasteiger partial charge in [-0.25, -0.2) is 9.37 Å². The number of nitrogens with zero attached hydrogens (tertiary/aromatic N) is 2. The monoisotopic (exact) mass is 342 g/mol. The minimum atomic E-state index is -3.61. The number of rotatable bonds is 6. The molecule has 1 aromatic heterocycles. The van der Waals surface area contributed by atoms with Crippen LogP contribution in [0.15, 0.2) is 18.2 Å². The van der Waals surface area contributed by atoms with Gasteiger partial charge >= 0.3 is 0 Å². The van der Waals surface area contributed by atoms with Crippen LogP contribution in [0, 0.1) is 5.82 Å². The Kier molecular flexibility index (Phi) is 4.62. The quantitative estimate of drug-likeness (QED) is 0.824. The molecule has 2 heterocycles. The molecule has 1 fully saturated rings. The number of halogens is 1. The van der Waals surface area contributed by atoms with Gasteiger partial charge in [0.05, 0.1) is 24.2 Å². The average Bonchev–Trinajstić information content (AvgIpc) is 3.12. The lowest BCUT2D eigenvalue weighted by Crippen LogP contribution is -2.44. The third-order valence-corrected chi connectivity index (χ3v) is 5.51. The van der Waals surface area contributed by atoms with Crippen molar-refractivity contribution < 1.29 is 17.5 Å². The summed E-state index contributed by atoms with van der Waals surface area (Å²) in [6.45, 7) is 0.883. The Balaban J connectivity index is 1.70. The Labute approximate surface area is 134 Å². The van der Waals surface area contributed by atoms with E-state index in [0.29, 0.717) is 30.0 Å². The zero-order valence-electron chi connectivity index (χ0n) is 12.8. The van der Waals surface area contributed by atoms with E-state index in [-0.39, 0.29) is 18.4 Å². The molecule has 1 aromatic carbocycles. The SMILES string of the molecule is COC[C@H]1CCCN1S(=O)(=O)NCc1nc2ccc(F)cc2[nH]1. The minimum absolute atomic E-state index is 0.0227. The molecule has 23 heavy (non-hydrogen) atoms. The highest BCUT2D eigenvalue weighted by Crippen LogP contribution is 2.20. The predicted octanol–water partition coefficient (Wildman–Crippen LogP) is 1.15. The molecule has 1 aliphatic rings. The summed E-state index contributed by atoms with van der Waals surface area (Å²) >= 11 is 0. The molecule has 3 rings (SSSR count). The van der Waals surface area contributed by atoms with Gasteiger partial charge in [0.15, 0.2) is 0 Å². The van der Waals surface area contributed by atoms with E-state index in [1.165, 1.54) is 16.4 Å². The molecular formula is C14H19FN4O3S. The highest BCUT2D eigenvalue weighted by Gasteiger charge is 2.33. The fourth-order valence-electron chi connectivity index (χ4n) is 2.85. The van der Waals surface area contributed by atoms with Gasteiger partial charge in [-0.05, 0) is 31.0 Å². The first-order chi connectivity index (χ1) is 11.0. The zero-order valence-corrected chi connectivity index (χ0v) is 13.6. The van der Waals surface area contributed by atoms with Crippen molar-refractivity contribution in [3.63, 3.8) is 0 Å². The Bertz CT molecular complexity index is 792. The molecular weight excluding hydrogens is 323 g/mol. The van der Waals surface area contributed by atoms with Gasteiger partial charge < -0.3 is 9.72 Å². The maximum atomic E-state index is 13.2. The van der Waals surface area contributed by atoms with Crippen LogP contribution < -0.4 is 4.72 Å². The second-order valence-corrected chi connectivity index (χ2v) is 7.24. The number of hydrogen-bond donors (Lipinski definition) is 2. The molecule has 0 amide bonds. The molecule has 2 N–H and O–H groups in total. The van der Waals surface area contributed by atoms with Crippen molar-refractivity contribution in [3.05, 3.63) is 29.8 Å². The molecule has 1 aliphatic heterocycles. The highest BCUT2D eigenvalue weighted by atomic mass is 32.2. The van der Waals surface area contributed by atoms with Crippen LogP contribution in [0.5, 0.6) is 0 Å². The molecule has 9 heteroatoms. The van der Waals surface area contributed by atoms with Crippen molar-refractivity contribution >= 4 is 21.2 Å². The molecule has 0 radical (unpaired) electrons. The van der Waals surface area contributed by atoms with Gasteiger partial charge in [-0.3, -0.25) is 0 Å². The second kappa shape index (κ2) is 6.52. The number of imidazole rings is 1. The number of H-pyrrole nitrogens is 1. The van der Waals surface area contributed by atoms with Crippen LogP contribution >= 0.6 is 0 Å². The van der Waals surface area contributed by atoms with Crippen LogP contribution in [0.1, 0.15) is 18.7 Å². The van der Waals surface area contributed by atoms with Gasteiger partial charge in [-0.15, -0.1) is 0 Å². The smallest absolute Gasteiger partial charge is 0.280 e. The van der Waals surface area contributed by atoms with E-state index >= 15 is 0 Å². The number of aromatic nitrogens is 2. The predicted molar refractivity (Wildman–Crippen MR) is 83.4 cm³/mol. The van der Waals surface area contributed by atoms with Gasteiger partial charge in [-0.2, -0.15) is 17.4 Å². The van der Waals surface area contributed by atoms with E-state index in [9.17, 15) is 12.8 Å². The van der Waals surface area contributed by atoms with E-state index < -0.39 is 10.2 Å². The van der Waals surface area contributed by atoms with Gasteiger partial charge in [0.2, 0.25) is 0 Å². The van der Waals surface area contributed by atoms with Crippen LogP contribution in [0.3, 0.4) is 0 Å². The standard InChI is InChI=1S/C14H19FN4O3S/c1-22-9-11-3-2-6-19(11)23(20,21)16-8-14-17-12-5-4-10(15)7-13(12)18-14/h4-5,7,11,16H,2-3,6,8-9H2,1H3,(H,17,18)/t11-/m1/s1. The van der Waals surface area contributed by atoms with Crippen molar-refractivity contribution in [1.29, 1.82) is 0 Å². The van der Waals surface area contributed by atoms with E-state index in [1.807, 2.05) is 0 Å². The van der Waals surface area contributed by atoms with Crippen LogP contribution in [0.25, 0.3) is 11.0 Å². The number of aromatic amines is 1. The normalized spacial score (nSPS) is 19.7. The Morgan fingerprint density at radius 1 is 1.52 bits per heavy atom. The van der Waals surface area contributed by atoms with Gasteiger partial charge in [0.25, 0.3) is 10.2 Å². The van der Waals surface area contributed by atoms with Crippen LogP contribution in [-0.4, -0.2) is 49.0 Å². The number of methoxy groups -OCH3 is 1. The van der Waals surface area contributed by atoms with Crippen molar-refractivity contribution in [1.82, 2.24) is 19.0 Å². The van der Waals surface area contributed by atoms with Crippen molar-refractivity contribution in [2.24, 2.45) is 0 Å². The second-order valence-electron chi connectivity index (χ2n) is 5.53. The number of benzene rings is 1. The first kappa shape index (κ1) is 16.3. The topological polar surface area (TPSA) is 87.3 Å². The van der Waals surface area contributed by atoms with Crippen molar-refractivity contribution in [2.45, 2.75) is 25.4 Å². The summed E-state index contributed by atoms with van der Waals surface area (Å²) in [5.41, 5.74) is 1.14. The maximum absolute atomic E-state index is 13.2. The fraction of sp³-hybridized carbons (Fsp3) is 0.500. The molecule has 7 nitrogen and oxygen atoms in total. The summed E-state index contributed by atoms with van der Waals surface area (Å²) in [4.78, 5) is 7.16. The fourth-order valence-corrected chi connectivity index (χ4v) is 4.26. The van der Waals surface area contributed by atoms with E-state index in [2.05, 4.69) is 14.7 Å². The molecule has 2 aromatic rings. The highest BCUT2D eigenvalue weighted by molar-refractivity contribution is 7.87. The molecule has 0 saturated carbocycles. The Hall–Kier alpha value is -1.55. The lowest BCUT2D eigenvalue weighted by molar-refractivity contribution is 0.148. The third kappa shape index (κ3) is 3.52. The third-order valence-electron chi connectivity index (χ3n) is 3.91. The first-order valence-electron chi connectivity index (χ1n) is 7.39. The molecule has 1 saturated heterocycles. The minimum Gasteiger partial charge on any atom is -0.383 e. The van der Waals surface area contributed by atoms with Crippen molar-refractivity contribution in [2.75, 3.05) is 20.3 Å². The Morgan fingerprint density at radius 2 is 2.35 bits per heavy atom. The molecule has 0 spiro atoms. The lowest BCUT2D eigenvalue weighted by atomic mass is 10.2.